The van der Waals surface area contributed by atoms with Crippen molar-refractivity contribution in [2.24, 2.45) is 5.73 Å². The van der Waals surface area contributed by atoms with Crippen LogP contribution in [-0.4, -0.2) is 12.6 Å². The van der Waals surface area contributed by atoms with Crippen LogP contribution in [0.4, 0.5) is 4.39 Å². The molecule has 1 aliphatic heterocycles. The van der Waals surface area contributed by atoms with E-state index >= 15 is 0 Å². The zero-order valence-corrected chi connectivity index (χ0v) is 7.95. The molecule has 0 saturated carbocycles. The van der Waals surface area contributed by atoms with Crippen molar-refractivity contribution in [3.05, 3.63) is 35.6 Å². The van der Waals surface area contributed by atoms with Crippen molar-refractivity contribution in [1.82, 2.24) is 0 Å². The van der Waals surface area contributed by atoms with Crippen molar-refractivity contribution in [2.45, 2.75) is 25.0 Å². The summed E-state index contributed by atoms with van der Waals surface area (Å²) in [4.78, 5) is 0. The van der Waals surface area contributed by atoms with E-state index in [0.717, 1.165) is 18.4 Å². The first-order chi connectivity index (χ1) is 6.75. The predicted octanol–water partition coefficient (Wildman–Crippen LogP) is 2.00. The lowest BCUT2D eigenvalue weighted by molar-refractivity contribution is 0.00664. The second-order valence-corrected chi connectivity index (χ2v) is 3.70. The average molecular weight is 195 g/mol. The number of ether oxygens (including phenoxy) is 1. The highest BCUT2D eigenvalue weighted by Gasteiger charge is 2.20. The Hall–Kier alpha value is -0.930. The molecule has 0 aromatic heterocycles. The Kier molecular flexibility index (Phi) is 2.79. The molecule has 1 heterocycles. The van der Waals surface area contributed by atoms with E-state index in [-0.39, 0.29) is 18.0 Å². The summed E-state index contributed by atoms with van der Waals surface area (Å²) >= 11 is 0. The SMILES string of the molecule is N[C@@H]1CCO[C@@H](c2ccc(F)cc2)C1. The van der Waals surface area contributed by atoms with Crippen LogP contribution in [0, 0.1) is 5.82 Å². The van der Waals surface area contributed by atoms with E-state index in [2.05, 4.69) is 0 Å². The van der Waals surface area contributed by atoms with Gasteiger partial charge < -0.3 is 10.5 Å². The second kappa shape index (κ2) is 4.07. The quantitative estimate of drug-likeness (QED) is 0.744. The van der Waals surface area contributed by atoms with Crippen molar-refractivity contribution in [3.8, 4) is 0 Å². The predicted molar refractivity (Wildman–Crippen MR) is 52.3 cm³/mol. The number of halogens is 1. The second-order valence-electron chi connectivity index (χ2n) is 3.70. The van der Waals surface area contributed by atoms with Gasteiger partial charge in [-0.15, -0.1) is 0 Å². The summed E-state index contributed by atoms with van der Waals surface area (Å²) in [6.45, 7) is 0.698. The van der Waals surface area contributed by atoms with Gasteiger partial charge in [0.15, 0.2) is 0 Å². The van der Waals surface area contributed by atoms with Gasteiger partial charge in [-0.05, 0) is 30.5 Å². The minimum Gasteiger partial charge on any atom is -0.373 e. The summed E-state index contributed by atoms with van der Waals surface area (Å²) in [5.41, 5.74) is 6.85. The van der Waals surface area contributed by atoms with Crippen molar-refractivity contribution in [1.29, 1.82) is 0 Å². The maximum Gasteiger partial charge on any atom is 0.123 e. The normalized spacial score (nSPS) is 27.6. The van der Waals surface area contributed by atoms with E-state index < -0.39 is 0 Å². The number of hydrogen-bond acceptors (Lipinski definition) is 2. The van der Waals surface area contributed by atoms with Crippen LogP contribution in [0.1, 0.15) is 24.5 Å². The maximum absolute atomic E-state index is 12.7. The summed E-state index contributed by atoms with van der Waals surface area (Å²) in [6.07, 6.45) is 1.78. The van der Waals surface area contributed by atoms with Gasteiger partial charge in [0, 0.05) is 12.6 Å². The lowest BCUT2D eigenvalue weighted by atomic mass is 9.98. The van der Waals surface area contributed by atoms with Gasteiger partial charge in [-0.3, -0.25) is 0 Å². The Bertz CT molecular complexity index is 299. The Morgan fingerprint density at radius 2 is 2.00 bits per heavy atom. The van der Waals surface area contributed by atoms with Crippen LogP contribution in [0.15, 0.2) is 24.3 Å². The highest BCUT2D eigenvalue weighted by Crippen LogP contribution is 2.27. The van der Waals surface area contributed by atoms with Crippen LogP contribution >= 0.6 is 0 Å². The first kappa shape index (κ1) is 9.62. The topological polar surface area (TPSA) is 35.2 Å². The minimum absolute atomic E-state index is 0.0411. The number of rotatable bonds is 1. The smallest absolute Gasteiger partial charge is 0.123 e. The summed E-state index contributed by atoms with van der Waals surface area (Å²) in [6, 6.07) is 6.65. The van der Waals surface area contributed by atoms with Crippen molar-refractivity contribution >= 4 is 0 Å². The zero-order chi connectivity index (χ0) is 9.97. The molecule has 2 rings (SSSR count). The molecule has 3 heteroatoms. The van der Waals surface area contributed by atoms with Crippen LogP contribution in [0.2, 0.25) is 0 Å². The van der Waals surface area contributed by atoms with E-state index in [1.54, 1.807) is 12.1 Å². The van der Waals surface area contributed by atoms with Crippen molar-refractivity contribution in [3.63, 3.8) is 0 Å². The monoisotopic (exact) mass is 195 g/mol. The molecule has 0 bridgehead atoms. The summed E-state index contributed by atoms with van der Waals surface area (Å²) in [5, 5.41) is 0. The Morgan fingerprint density at radius 1 is 1.29 bits per heavy atom. The molecule has 0 aliphatic carbocycles. The van der Waals surface area contributed by atoms with Gasteiger partial charge in [-0.25, -0.2) is 4.39 Å². The summed E-state index contributed by atoms with van der Waals surface area (Å²) < 4.78 is 18.2. The fourth-order valence-electron chi connectivity index (χ4n) is 1.73. The van der Waals surface area contributed by atoms with Crippen LogP contribution in [0.3, 0.4) is 0 Å². The molecule has 0 radical (unpaired) electrons. The van der Waals surface area contributed by atoms with Gasteiger partial charge in [0.25, 0.3) is 0 Å². The first-order valence-electron chi connectivity index (χ1n) is 4.88. The molecule has 0 amide bonds. The molecule has 0 spiro atoms. The van der Waals surface area contributed by atoms with Gasteiger partial charge in [-0.2, -0.15) is 0 Å². The van der Waals surface area contributed by atoms with E-state index in [1.165, 1.54) is 12.1 Å². The van der Waals surface area contributed by atoms with E-state index in [9.17, 15) is 4.39 Å². The molecule has 0 unspecified atom stereocenters. The molecule has 1 fully saturated rings. The highest BCUT2D eigenvalue weighted by atomic mass is 19.1. The third-order valence-corrected chi connectivity index (χ3v) is 2.57. The largest absolute Gasteiger partial charge is 0.373 e. The Labute approximate surface area is 82.9 Å². The van der Waals surface area contributed by atoms with Crippen LogP contribution in [-0.2, 0) is 4.74 Å². The first-order valence-corrected chi connectivity index (χ1v) is 4.88. The molecule has 2 nitrogen and oxygen atoms in total. The third kappa shape index (κ3) is 2.11. The molecule has 1 aromatic rings. The van der Waals surface area contributed by atoms with Gasteiger partial charge in [0.2, 0.25) is 0 Å². The van der Waals surface area contributed by atoms with E-state index in [0.29, 0.717) is 6.61 Å². The summed E-state index contributed by atoms with van der Waals surface area (Å²) in [5.74, 6) is -0.214. The van der Waals surface area contributed by atoms with Crippen LogP contribution in [0.25, 0.3) is 0 Å². The third-order valence-electron chi connectivity index (χ3n) is 2.57. The Morgan fingerprint density at radius 3 is 2.64 bits per heavy atom. The zero-order valence-electron chi connectivity index (χ0n) is 7.95. The molecule has 2 N–H and O–H groups in total. The lowest BCUT2D eigenvalue weighted by Gasteiger charge is -2.27. The van der Waals surface area contributed by atoms with Gasteiger partial charge >= 0.3 is 0 Å². The fourth-order valence-corrected chi connectivity index (χ4v) is 1.73. The minimum atomic E-state index is -0.214. The summed E-state index contributed by atoms with van der Waals surface area (Å²) in [7, 11) is 0. The standard InChI is InChI=1S/C11H14FNO/c12-9-3-1-8(2-4-9)11-7-10(13)5-6-14-11/h1-4,10-11H,5-7,13H2/t10-,11-/m1/s1. The van der Waals surface area contributed by atoms with Crippen molar-refractivity contribution < 1.29 is 9.13 Å². The molecular weight excluding hydrogens is 181 g/mol. The lowest BCUT2D eigenvalue weighted by Crippen LogP contribution is -2.30. The van der Waals surface area contributed by atoms with E-state index in [4.69, 9.17) is 10.5 Å². The molecule has 14 heavy (non-hydrogen) atoms. The van der Waals surface area contributed by atoms with Crippen LogP contribution in [0.5, 0.6) is 0 Å². The number of benzene rings is 1. The molecule has 2 atom stereocenters. The highest BCUT2D eigenvalue weighted by molar-refractivity contribution is 5.19. The van der Waals surface area contributed by atoms with Gasteiger partial charge in [-0.1, -0.05) is 12.1 Å². The van der Waals surface area contributed by atoms with E-state index in [1.807, 2.05) is 0 Å². The van der Waals surface area contributed by atoms with Crippen molar-refractivity contribution in [2.75, 3.05) is 6.61 Å². The van der Waals surface area contributed by atoms with Gasteiger partial charge in [0.05, 0.1) is 6.10 Å². The number of hydrogen-bond donors (Lipinski definition) is 1. The molecule has 76 valence electrons. The Balaban J connectivity index is 2.10. The number of nitrogens with two attached hydrogens (primary N) is 1. The van der Waals surface area contributed by atoms with Gasteiger partial charge in [0.1, 0.15) is 5.82 Å². The van der Waals surface area contributed by atoms with Crippen LogP contribution < -0.4 is 5.73 Å². The maximum atomic E-state index is 12.7. The molecule has 1 saturated heterocycles. The molecule has 1 aliphatic rings. The molecular formula is C11H14FNO. The average Bonchev–Trinajstić information content (AvgIpc) is 2.19. The fraction of sp³-hybridized carbons (Fsp3) is 0.455. The molecule has 1 aromatic carbocycles.